The third kappa shape index (κ3) is 2.26. The summed E-state index contributed by atoms with van der Waals surface area (Å²) >= 11 is 0. The third-order valence-electron chi connectivity index (χ3n) is 5.73. The minimum absolute atomic E-state index is 0.247. The van der Waals surface area contributed by atoms with Gasteiger partial charge < -0.3 is 5.11 Å². The van der Waals surface area contributed by atoms with Gasteiger partial charge in [-0.2, -0.15) is 0 Å². The Morgan fingerprint density at radius 3 is 2.47 bits per heavy atom. The highest BCUT2D eigenvalue weighted by molar-refractivity contribution is 4.96. The molecular weight excluding hydrogens is 210 g/mol. The third-order valence-corrected chi connectivity index (χ3v) is 5.73. The van der Waals surface area contributed by atoms with E-state index in [1.165, 1.54) is 58.0 Å². The Labute approximate surface area is 105 Å². The zero-order chi connectivity index (χ0) is 11.9. The van der Waals surface area contributed by atoms with Gasteiger partial charge in [0, 0.05) is 31.2 Å². The Morgan fingerprint density at radius 1 is 1.18 bits per heavy atom. The van der Waals surface area contributed by atoms with Crippen LogP contribution in [0.2, 0.25) is 0 Å². The van der Waals surface area contributed by atoms with Gasteiger partial charge in [-0.3, -0.25) is 4.90 Å². The first-order valence-corrected chi connectivity index (χ1v) is 7.56. The second-order valence-corrected chi connectivity index (χ2v) is 7.10. The maximum absolute atomic E-state index is 9.83. The molecule has 2 heteroatoms. The van der Waals surface area contributed by atoms with Crippen molar-refractivity contribution in [3.63, 3.8) is 0 Å². The first-order valence-electron chi connectivity index (χ1n) is 7.56. The van der Waals surface area contributed by atoms with Gasteiger partial charge in [0.1, 0.15) is 0 Å². The number of rotatable bonds is 3. The van der Waals surface area contributed by atoms with Gasteiger partial charge in [0.2, 0.25) is 0 Å². The molecule has 0 aromatic carbocycles. The Bertz CT molecular complexity index is 270. The van der Waals surface area contributed by atoms with Crippen LogP contribution in [0.5, 0.6) is 0 Å². The van der Waals surface area contributed by atoms with Gasteiger partial charge >= 0.3 is 0 Å². The largest absolute Gasteiger partial charge is 0.396 e. The van der Waals surface area contributed by atoms with Crippen LogP contribution in [0.1, 0.15) is 51.9 Å². The monoisotopic (exact) mass is 237 g/mol. The summed E-state index contributed by atoms with van der Waals surface area (Å²) in [6.07, 6.45) is 9.47. The molecule has 0 amide bonds. The number of aliphatic hydroxyl groups excluding tert-OH is 1. The van der Waals surface area contributed by atoms with Gasteiger partial charge in [0.05, 0.1) is 0 Å². The smallest absolute Gasteiger partial charge is 0.0499 e. The Morgan fingerprint density at radius 2 is 1.94 bits per heavy atom. The van der Waals surface area contributed by atoms with Crippen molar-refractivity contribution in [3.05, 3.63) is 0 Å². The van der Waals surface area contributed by atoms with Gasteiger partial charge in [0.15, 0.2) is 0 Å². The maximum Gasteiger partial charge on any atom is 0.0499 e. The van der Waals surface area contributed by atoms with Gasteiger partial charge in [-0.25, -0.2) is 0 Å². The van der Waals surface area contributed by atoms with Crippen molar-refractivity contribution >= 4 is 0 Å². The topological polar surface area (TPSA) is 23.5 Å². The van der Waals surface area contributed by atoms with Gasteiger partial charge in [-0.15, -0.1) is 0 Å². The highest BCUT2D eigenvalue weighted by atomic mass is 16.3. The van der Waals surface area contributed by atoms with Crippen LogP contribution >= 0.6 is 0 Å². The fraction of sp³-hybridized carbons (Fsp3) is 1.00. The molecule has 98 valence electrons. The Hall–Kier alpha value is -0.0800. The molecule has 2 aliphatic carbocycles. The molecule has 1 N–H and O–H groups in total. The molecule has 17 heavy (non-hydrogen) atoms. The van der Waals surface area contributed by atoms with E-state index in [0.717, 1.165) is 17.9 Å². The van der Waals surface area contributed by atoms with E-state index in [9.17, 15) is 5.11 Å². The molecular formula is C15H27NO. The molecule has 2 unspecified atom stereocenters. The summed E-state index contributed by atoms with van der Waals surface area (Å²) in [5.74, 6) is 1.86. The number of fused-ring (bicyclic) bond motifs is 2. The molecule has 0 aromatic heterocycles. The second kappa shape index (κ2) is 4.55. The number of piperidine rings is 1. The van der Waals surface area contributed by atoms with Gasteiger partial charge in [-0.05, 0) is 43.9 Å². The van der Waals surface area contributed by atoms with Crippen molar-refractivity contribution in [3.8, 4) is 0 Å². The van der Waals surface area contributed by atoms with Crippen LogP contribution in [0.15, 0.2) is 0 Å². The molecule has 2 nitrogen and oxygen atoms in total. The highest BCUT2D eigenvalue weighted by Gasteiger charge is 2.42. The zero-order valence-electron chi connectivity index (χ0n) is 11.2. The van der Waals surface area contributed by atoms with E-state index in [2.05, 4.69) is 11.8 Å². The summed E-state index contributed by atoms with van der Waals surface area (Å²) in [5, 5.41) is 9.83. The quantitative estimate of drug-likeness (QED) is 0.815. The summed E-state index contributed by atoms with van der Waals surface area (Å²) in [4.78, 5) is 2.71. The lowest BCUT2D eigenvalue weighted by molar-refractivity contribution is 0.0201. The first-order chi connectivity index (χ1) is 8.21. The van der Waals surface area contributed by atoms with Gasteiger partial charge in [-0.1, -0.05) is 19.8 Å². The highest BCUT2D eigenvalue weighted by Crippen LogP contribution is 2.43. The number of hydrogen-bond acceptors (Lipinski definition) is 2. The van der Waals surface area contributed by atoms with Crippen LogP contribution in [-0.2, 0) is 0 Å². The number of aliphatic hydroxyl groups is 1. The van der Waals surface area contributed by atoms with E-state index in [1.54, 1.807) is 0 Å². The van der Waals surface area contributed by atoms with Crippen molar-refractivity contribution in [1.82, 2.24) is 4.90 Å². The van der Waals surface area contributed by atoms with Gasteiger partial charge in [0.25, 0.3) is 0 Å². The van der Waals surface area contributed by atoms with Crippen LogP contribution in [0.4, 0.5) is 0 Å². The minimum atomic E-state index is 0.247. The van der Waals surface area contributed by atoms with Crippen LogP contribution in [0.3, 0.4) is 0 Å². The molecule has 3 rings (SSSR count). The van der Waals surface area contributed by atoms with Crippen LogP contribution in [-0.4, -0.2) is 35.7 Å². The molecule has 2 atom stereocenters. The molecule has 2 saturated carbocycles. The average molecular weight is 237 g/mol. The van der Waals surface area contributed by atoms with Crippen LogP contribution < -0.4 is 0 Å². The minimum Gasteiger partial charge on any atom is -0.396 e. The molecule has 0 aromatic rings. The van der Waals surface area contributed by atoms with Crippen LogP contribution in [0, 0.1) is 17.3 Å². The van der Waals surface area contributed by atoms with Crippen molar-refractivity contribution in [2.24, 2.45) is 17.3 Å². The van der Waals surface area contributed by atoms with E-state index in [1.807, 2.05) is 0 Å². The summed E-state index contributed by atoms with van der Waals surface area (Å²) in [6, 6.07) is 0.864. The predicted molar refractivity (Wildman–Crippen MR) is 69.9 cm³/mol. The summed E-state index contributed by atoms with van der Waals surface area (Å²) in [7, 11) is 0. The molecule has 0 spiro atoms. The molecule has 2 bridgehead atoms. The Balaban J connectivity index is 1.62. The number of nitrogens with zero attached hydrogens (tertiary/aromatic N) is 1. The molecule has 1 aliphatic heterocycles. The Kier molecular flexibility index (Phi) is 3.20. The predicted octanol–water partition coefficient (Wildman–Crippen LogP) is 2.66. The molecule has 3 fully saturated rings. The molecule has 0 radical (unpaired) electrons. The number of likely N-dealkylation sites (tertiary alicyclic amines) is 1. The van der Waals surface area contributed by atoms with E-state index in [0.29, 0.717) is 6.61 Å². The van der Waals surface area contributed by atoms with Crippen molar-refractivity contribution < 1.29 is 5.11 Å². The SMILES string of the molecule is CC1CCC(CO)(CN2CC3CCC2C3)CC1. The summed E-state index contributed by atoms with van der Waals surface area (Å²) in [6.45, 7) is 5.27. The summed E-state index contributed by atoms with van der Waals surface area (Å²) in [5.41, 5.74) is 0.247. The normalized spacial score (nSPS) is 46.6. The van der Waals surface area contributed by atoms with E-state index < -0.39 is 0 Å². The van der Waals surface area contributed by atoms with Crippen molar-refractivity contribution in [2.45, 2.75) is 57.9 Å². The lowest BCUT2D eigenvalue weighted by Gasteiger charge is -2.42. The van der Waals surface area contributed by atoms with Crippen LogP contribution in [0.25, 0.3) is 0 Å². The van der Waals surface area contributed by atoms with Crippen molar-refractivity contribution in [2.75, 3.05) is 19.7 Å². The molecule has 3 aliphatic rings. The van der Waals surface area contributed by atoms with E-state index in [-0.39, 0.29) is 5.41 Å². The fourth-order valence-electron chi connectivity index (χ4n) is 4.39. The second-order valence-electron chi connectivity index (χ2n) is 7.10. The molecule has 1 saturated heterocycles. The number of hydrogen-bond donors (Lipinski definition) is 1. The summed E-state index contributed by atoms with van der Waals surface area (Å²) < 4.78 is 0. The lowest BCUT2D eigenvalue weighted by atomic mass is 9.71. The maximum atomic E-state index is 9.83. The van der Waals surface area contributed by atoms with Crippen molar-refractivity contribution in [1.29, 1.82) is 0 Å². The average Bonchev–Trinajstić information content (AvgIpc) is 2.94. The van der Waals surface area contributed by atoms with E-state index in [4.69, 9.17) is 0 Å². The fourth-order valence-corrected chi connectivity index (χ4v) is 4.39. The standard InChI is InChI=1S/C15H27NO/c1-12-4-6-15(11-17,7-5-12)10-16-9-13-2-3-14(16)8-13/h12-14,17H,2-11H2,1H3. The first kappa shape index (κ1) is 12.0. The zero-order valence-corrected chi connectivity index (χ0v) is 11.2. The van der Waals surface area contributed by atoms with E-state index >= 15 is 0 Å². The molecule has 1 heterocycles. The lowest BCUT2D eigenvalue weighted by Crippen LogP contribution is -2.45.